The molecule has 2 aromatic rings. The maximum Gasteiger partial charge on any atom is 0.270 e. The van der Waals surface area contributed by atoms with Crippen molar-refractivity contribution in [2.45, 2.75) is 26.4 Å². The van der Waals surface area contributed by atoms with Gasteiger partial charge in [0, 0.05) is 12.6 Å². The van der Waals surface area contributed by atoms with Crippen molar-refractivity contribution < 1.29 is 4.74 Å². The molecule has 0 fully saturated rings. The zero-order valence-electron chi connectivity index (χ0n) is 11.4. The first kappa shape index (κ1) is 14.2. The molecule has 0 saturated heterocycles. The van der Waals surface area contributed by atoms with Gasteiger partial charge in [0.05, 0.1) is 12.8 Å². The molecule has 8 heteroatoms. The van der Waals surface area contributed by atoms with Gasteiger partial charge in [-0.25, -0.2) is 14.3 Å². The van der Waals surface area contributed by atoms with Crippen molar-refractivity contribution in [1.29, 1.82) is 0 Å². The number of aryl methyl sites for hydroxylation is 1. The fraction of sp³-hybridized carbons (Fsp3) is 0.500. The van der Waals surface area contributed by atoms with Gasteiger partial charge in [0.25, 0.3) is 5.56 Å². The zero-order chi connectivity index (χ0) is 14.4. The first-order valence-corrected chi connectivity index (χ1v) is 6.51. The summed E-state index contributed by atoms with van der Waals surface area (Å²) in [4.78, 5) is 16.1. The third-order valence-corrected chi connectivity index (χ3v) is 2.75. The molecule has 0 aliphatic carbocycles. The lowest BCUT2D eigenvalue weighted by molar-refractivity contribution is 0.309. The molecule has 0 spiro atoms. The Hall–Kier alpha value is -2.22. The summed E-state index contributed by atoms with van der Waals surface area (Å²) in [5.74, 6) is 1.15. The largest absolute Gasteiger partial charge is 0.492 e. The first-order valence-electron chi connectivity index (χ1n) is 6.51. The Morgan fingerprint density at radius 3 is 2.90 bits per heavy atom. The third kappa shape index (κ3) is 3.41. The second-order valence-electron chi connectivity index (χ2n) is 4.17. The summed E-state index contributed by atoms with van der Waals surface area (Å²) in [6.07, 6.45) is 3.72. The molecule has 0 amide bonds. The molecular formula is C12H18N6O2. The molecule has 2 aromatic heterocycles. The predicted octanol–water partition coefficient (Wildman–Crippen LogP) is -0.369. The van der Waals surface area contributed by atoms with Gasteiger partial charge in [-0.3, -0.25) is 4.79 Å². The predicted molar refractivity (Wildman–Crippen MR) is 72.5 cm³/mol. The smallest absolute Gasteiger partial charge is 0.270 e. The molecule has 0 bridgehead atoms. The van der Waals surface area contributed by atoms with Gasteiger partial charge in [0.15, 0.2) is 0 Å². The monoisotopic (exact) mass is 278 g/mol. The molecule has 20 heavy (non-hydrogen) atoms. The molecule has 2 rings (SSSR count). The van der Waals surface area contributed by atoms with Crippen molar-refractivity contribution in [3.63, 3.8) is 0 Å². The van der Waals surface area contributed by atoms with Crippen molar-refractivity contribution in [1.82, 2.24) is 24.5 Å². The summed E-state index contributed by atoms with van der Waals surface area (Å²) >= 11 is 0. The highest BCUT2D eigenvalue weighted by molar-refractivity contribution is 5.13. The van der Waals surface area contributed by atoms with Crippen molar-refractivity contribution >= 4 is 0 Å². The van der Waals surface area contributed by atoms with E-state index in [9.17, 15) is 4.79 Å². The maximum absolute atomic E-state index is 11.9. The van der Waals surface area contributed by atoms with Gasteiger partial charge < -0.3 is 10.5 Å². The van der Waals surface area contributed by atoms with Crippen molar-refractivity contribution in [2.75, 3.05) is 13.2 Å². The molecule has 0 unspecified atom stereocenters. The second-order valence-corrected chi connectivity index (χ2v) is 4.17. The highest BCUT2D eigenvalue weighted by atomic mass is 16.5. The zero-order valence-corrected chi connectivity index (χ0v) is 11.4. The van der Waals surface area contributed by atoms with E-state index in [1.807, 2.05) is 6.92 Å². The van der Waals surface area contributed by atoms with Crippen LogP contribution in [-0.2, 0) is 13.1 Å². The number of nitrogens with two attached hydrogens (primary N) is 1. The molecule has 0 radical (unpaired) electrons. The Labute approximate surface area is 116 Å². The summed E-state index contributed by atoms with van der Waals surface area (Å²) in [7, 11) is 0. The van der Waals surface area contributed by atoms with Crippen molar-refractivity contribution in [3.8, 4) is 5.75 Å². The molecule has 2 heterocycles. The van der Waals surface area contributed by atoms with E-state index in [1.165, 1.54) is 23.3 Å². The summed E-state index contributed by atoms with van der Waals surface area (Å²) < 4.78 is 8.42. The molecule has 0 aliphatic rings. The highest BCUT2D eigenvalue weighted by Crippen LogP contribution is 2.04. The van der Waals surface area contributed by atoms with E-state index in [1.54, 1.807) is 4.68 Å². The molecule has 0 saturated carbocycles. The minimum absolute atomic E-state index is 0.235. The molecule has 0 aromatic carbocycles. The van der Waals surface area contributed by atoms with Crippen molar-refractivity contribution in [3.05, 3.63) is 34.8 Å². The molecule has 0 atom stereocenters. The van der Waals surface area contributed by atoms with E-state index in [2.05, 4.69) is 15.2 Å². The Kier molecular flexibility index (Phi) is 4.83. The normalized spacial score (nSPS) is 10.7. The minimum Gasteiger partial charge on any atom is -0.492 e. The lowest BCUT2D eigenvalue weighted by atomic mass is 10.4. The van der Waals surface area contributed by atoms with Gasteiger partial charge in [-0.05, 0) is 19.9 Å². The summed E-state index contributed by atoms with van der Waals surface area (Å²) in [5.41, 5.74) is 5.14. The summed E-state index contributed by atoms with van der Waals surface area (Å²) in [6.45, 7) is 3.98. The van der Waals surface area contributed by atoms with Crippen LogP contribution in [0.2, 0.25) is 0 Å². The third-order valence-electron chi connectivity index (χ3n) is 2.75. The van der Waals surface area contributed by atoms with Crippen LogP contribution in [-0.4, -0.2) is 37.7 Å². The summed E-state index contributed by atoms with van der Waals surface area (Å²) in [5, 5.41) is 8.13. The highest BCUT2D eigenvalue weighted by Gasteiger charge is 2.07. The number of nitrogens with zero attached hydrogens (tertiary/aromatic N) is 5. The first-order chi connectivity index (χ1) is 9.74. The molecule has 8 nitrogen and oxygen atoms in total. The average Bonchev–Trinajstić information content (AvgIpc) is 2.89. The van der Waals surface area contributed by atoms with E-state index in [-0.39, 0.29) is 12.1 Å². The molecular weight excluding hydrogens is 260 g/mol. The Morgan fingerprint density at radius 1 is 1.35 bits per heavy atom. The quantitative estimate of drug-likeness (QED) is 0.693. The Bertz CT molecular complexity index is 606. The van der Waals surface area contributed by atoms with Crippen LogP contribution < -0.4 is 16.0 Å². The van der Waals surface area contributed by atoms with Crippen LogP contribution in [0.15, 0.2) is 23.4 Å². The maximum atomic E-state index is 11.9. The van der Waals surface area contributed by atoms with E-state index < -0.39 is 0 Å². The van der Waals surface area contributed by atoms with Crippen LogP contribution in [0.5, 0.6) is 5.75 Å². The van der Waals surface area contributed by atoms with E-state index in [0.29, 0.717) is 31.3 Å². The fourth-order valence-corrected chi connectivity index (χ4v) is 1.70. The lowest BCUT2D eigenvalue weighted by Crippen LogP contribution is -2.24. The van der Waals surface area contributed by atoms with Gasteiger partial charge in [-0.2, -0.15) is 10.2 Å². The summed E-state index contributed by atoms with van der Waals surface area (Å²) in [6, 6.07) is 1.41. The van der Waals surface area contributed by atoms with E-state index in [4.69, 9.17) is 10.5 Å². The Morgan fingerprint density at radius 2 is 2.20 bits per heavy atom. The van der Waals surface area contributed by atoms with Crippen LogP contribution in [0.3, 0.4) is 0 Å². The van der Waals surface area contributed by atoms with Crippen LogP contribution in [0.1, 0.15) is 19.2 Å². The fourth-order valence-electron chi connectivity index (χ4n) is 1.70. The van der Waals surface area contributed by atoms with E-state index >= 15 is 0 Å². The number of aromatic nitrogens is 5. The number of rotatable bonds is 7. The Balaban J connectivity index is 2.08. The number of hydrogen-bond acceptors (Lipinski definition) is 6. The lowest BCUT2D eigenvalue weighted by Gasteiger charge is -2.07. The van der Waals surface area contributed by atoms with Crippen LogP contribution >= 0.6 is 0 Å². The number of ether oxygens (including phenoxy) is 1. The van der Waals surface area contributed by atoms with Crippen LogP contribution in [0.4, 0.5) is 0 Å². The second kappa shape index (κ2) is 6.80. The van der Waals surface area contributed by atoms with E-state index in [0.717, 1.165) is 6.42 Å². The van der Waals surface area contributed by atoms with Gasteiger partial charge in [0.2, 0.25) is 0 Å². The van der Waals surface area contributed by atoms with Gasteiger partial charge in [-0.1, -0.05) is 0 Å². The topological polar surface area (TPSA) is 101 Å². The minimum atomic E-state index is -0.235. The molecule has 108 valence electrons. The number of hydrogen-bond donors (Lipinski definition) is 1. The van der Waals surface area contributed by atoms with Crippen molar-refractivity contribution in [2.24, 2.45) is 5.73 Å². The van der Waals surface area contributed by atoms with Gasteiger partial charge >= 0.3 is 0 Å². The van der Waals surface area contributed by atoms with Crippen LogP contribution in [0.25, 0.3) is 0 Å². The van der Waals surface area contributed by atoms with Gasteiger partial charge in [0.1, 0.15) is 24.4 Å². The van der Waals surface area contributed by atoms with Gasteiger partial charge in [-0.15, -0.1) is 0 Å². The average molecular weight is 278 g/mol. The standard InChI is InChI=1S/C12H18N6O2/c1-2-17-11(14-9-16-17)8-18-12(19)6-10(7-15-18)20-5-3-4-13/h6-7,9H,2-5,8,13H2,1H3. The molecule has 2 N–H and O–H groups in total. The van der Waals surface area contributed by atoms with Crippen LogP contribution in [0, 0.1) is 0 Å². The molecule has 0 aliphatic heterocycles. The SMILES string of the molecule is CCn1ncnc1Cn1ncc(OCCCN)cc1=O.